The highest BCUT2D eigenvalue weighted by Gasteiger charge is 2.22. The zero-order chi connectivity index (χ0) is 26.4. The molecular weight excluding hydrogens is 508 g/mol. The van der Waals surface area contributed by atoms with Crippen molar-refractivity contribution in [1.82, 2.24) is 19.7 Å². The number of amides is 1. The number of nitrogens with zero attached hydrogens (tertiary/aromatic N) is 4. The molecule has 0 atom stereocenters. The minimum atomic E-state index is -2.74. The number of aromatic nitrogens is 4. The van der Waals surface area contributed by atoms with Crippen LogP contribution in [0.2, 0.25) is 0 Å². The van der Waals surface area contributed by atoms with Crippen LogP contribution in [0.25, 0.3) is 43.3 Å². The van der Waals surface area contributed by atoms with Gasteiger partial charge >= 0.3 is 0 Å². The Morgan fingerprint density at radius 2 is 1.89 bits per heavy atom. The van der Waals surface area contributed by atoms with Crippen molar-refractivity contribution in [1.29, 1.82) is 0 Å². The Bertz CT molecular complexity index is 1790. The molecule has 6 aromatic rings. The van der Waals surface area contributed by atoms with E-state index in [0.29, 0.717) is 17.1 Å². The summed E-state index contributed by atoms with van der Waals surface area (Å²) < 4.78 is 35.6. The fraction of sp³-hybridized carbons (Fsp3) is 0.143. The minimum Gasteiger partial charge on any atom is -0.463 e. The molecule has 1 N–H and O–H groups in total. The van der Waals surface area contributed by atoms with Crippen LogP contribution >= 0.6 is 11.3 Å². The molecule has 0 bridgehead atoms. The second-order valence-electron chi connectivity index (χ2n) is 8.93. The first-order valence-electron chi connectivity index (χ1n) is 11.8. The molecule has 2 aromatic carbocycles. The second-order valence-corrected chi connectivity index (χ2v) is 9.96. The maximum Gasteiger partial charge on any atom is 0.264 e. The number of hydrogen-bond acceptors (Lipinski definition) is 6. The molecule has 0 aliphatic carbocycles. The molecule has 0 fully saturated rings. The Morgan fingerprint density at radius 3 is 2.63 bits per heavy atom. The smallest absolute Gasteiger partial charge is 0.264 e. The maximum absolute atomic E-state index is 13.9. The molecule has 0 saturated heterocycles. The molecule has 1 amide bonds. The van der Waals surface area contributed by atoms with Crippen molar-refractivity contribution in [2.45, 2.75) is 26.8 Å². The van der Waals surface area contributed by atoms with Gasteiger partial charge in [-0.3, -0.25) is 4.79 Å². The van der Waals surface area contributed by atoms with E-state index in [0.717, 1.165) is 20.8 Å². The summed E-state index contributed by atoms with van der Waals surface area (Å²) in [5, 5.41) is 8.32. The van der Waals surface area contributed by atoms with E-state index in [2.05, 4.69) is 28.4 Å². The largest absolute Gasteiger partial charge is 0.463 e. The number of rotatable bonds is 6. The van der Waals surface area contributed by atoms with Crippen LogP contribution in [0.1, 0.15) is 23.2 Å². The number of benzene rings is 2. The lowest BCUT2D eigenvalue weighted by atomic mass is 10.1. The van der Waals surface area contributed by atoms with Gasteiger partial charge in [-0.1, -0.05) is 6.07 Å². The number of carbonyl (C=O) groups is 1. The van der Waals surface area contributed by atoms with Crippen molar-refractivity contribution in [2.24, 2.45) is 0 Å². The predicted octanol–water partition coefficient (Wildman–Crippen LogP) is 7.16. The van der Waals surface area contributed by atoms with Gasteiger partial charge in [-0.15, -0.1) is 11.3 Å². The Balaban J connectivity index is 1.24. The van der Waals surface area contributed by atoms with Crippen molar-refractivity contribution in [3.63, 3.8) is 0 Å². The number of nitrogens with one attached hydrogen (secondary N) is 1. The van der Waals surface area contributed by atoms with Crippen LogP contribution in [0, 0.1) is 13.8 Å². The molecule has 0 spiro atoms. The van der Waals surface area contributed by atoms with Crippen LogP contribution < -0.4 is 5.32 Å². The monoisotopic (exact) mass is 529 g/mol. The van der Waals surface area contributed by atoms with Gasteiger partial charge in [-0.2, -0.15) is 5.10 Å². The van der Waals surface area contributed by atoms with E-state index >= 15 is 0 Å². The van der Waals surface area contributed by atoms with Crippen molar-refractivity contribution in [3.05, 3.63) is 83.7 Å². The molecule has 38 heavy (non-hydrogen) atoms. The van der Waals surface area contributed by atoms with E-state index in [1.165, 1.54) is 22.6 Å². The molecule has 0 unspecified atom stereocenters. The third-order valence-corrected chi connectivity index (χ3v) is 7.24. The molecule has 0 saturated carbocycles. The first-order chi connectivity index (χ1) is 18.4. The number of fused-ring (bicyclic) bond motifs is 2. The standard InChI is InChI=1S/C28H21F2N5O2S/c1-15-5-10-20-23(12-15)38-28(33-20)17-6-8-18(9-7-17)31-24(36)14-35-27-25(16(2)34-35)19(26(29)30)13-21(32-27)22-4-3-11-37-22/h3-13,26H,14H2,1-2H3,(H,31,36). The first-order valence-corrected chi connectivity index (χ1v) is 12.6. The predicted molar refractivity (Wildman–Crippen MR) is 143 cm³/mol. The summed E-state index contributed by atoms with van der Waals surface area (Å²) in [5.74, 6) is -0.00610. The molecule has 0 radical (unpaired) electrons. The number of thiazole rings is 1. The summed E-state index contributed by atoms with van der Waals surface area (Å²) in [7, 11) is 0. The Labute approximate surface area is 219 Å². The van der Waals surface area contributed by atoms with Gasteiger partial charge < -0.3 is 9.73 Å². The molecule has 0 aliphatic heterocycles. The number of carbonyl (C=O) groups excluding carboxylic acids is 1. The maximum atomic E-state index is 13.9. The van der Waals surface area contributed by atoms with Gasteiger partial charge in [0.15, 0.2) is 11.4 Å². The average molecular weight is 530 g/mol. The minimum absolute atomic E-state index is 0.194. The quantitative estimate of drug-likeness (QED) is 0.247. The lowest BCUT2D eigenvalue weighted by molar-refractivity contribution is -0.116. The van der Waals surface area contributed by atoms with Crippen LogP contribution in [0.3, 0.4) is 0 Å². The lowest BCUT2D eigenvalue weighted by Crippen LogP contribution is -2.19. The van der Waals surface area contributed by atoms with Gasteiger partial charge in [0.25, 0.3) is 6.43 Å². The number of halogens is 2. The number of alkyl halides is 2. The molecular formula is C28H21F2N5O2S. The van der Waals surface area contributed by atoms with E-state index in [1.807, 2.05) is 24.3 Å². The lowest BCUT2D eigenvalue weighted by Gasteiger charge is -2.08. The molecule has 6 rings (SSSR count). The van der Waals surface area contributed by atoms with E-state index < -0.39 is 6.43 Å². The molecule has 4 heterocycles. The summed E-state index contributed by atoms with van der Waals surface area (Å²) in [6.07, 6.45) is -1.29. The summed E-state index contributed by atoms with van der Waals surface area (Å²) >= 11 is 1.62. The van der Waals surface area contributed by atoms with Crippen molar-refractivity contribution in [2.75, 3.05) is 5.32 Å². The Kier molecular flexibility index (Phi) is 5.96. The number of aryl methyl sites for hydroxylation is 2. The highest BCUT2D eigenvalue weighted by atomic mass is 32.1. The van der Waals surface area contributed by atoms with E-state index in [4.69, 9.17) is 9.40 Å². The molecule has 10 heteroatoms. The molecule has 4 aromatic heterocycles. The van der Waals surface area contributed by atoms with E-state index in [1.54, 1.807) is 42.5 Å². The fourth-order valence-corrected chi connectivity index (χ4v) is 5.48. The summed E-state index contributed by atoms with van der Waals surface area (Å²) in [5.41, 5.74) is 4.30. The van der Waals surface area contributed by atoms with Gasteiger partial charge in [-0.05, 0) is 74.0 Å². The summed E-state index contributed by atoms with van der Waals surface area (Å²) in [6, 6.07) is 18.2. The van der Waals surface area contributed by atoms with Crippen LogP contribution in [-0.2, 0) is 11.3 Å². The van der Waals surface area contributed by atoms with E-state index in [9.17, 15) is 13.6 Å². The van der Waals surface area contributed by atoms with Gasteiger partial charge in [0.1, 0.15) is 17.2 Å². The summed E-state index contributed by atoms with van der Waals surface area (Å²) in [6.45, 7) is 3.48. The number of furan rings is 1. The second kappa shape index (κ2) is 9.46. The average Bonchev–Trinajstić information content (AvgIpc) is 3.63. The van der Waals surface area contributed by atoms with Gasteiger partial charge in [0, 0.05) is 16.8 Å². The molecule has 7 nitrogen and oxygen atoms in total. The van der Waals surface area contributed by atoms with E-state index in [-0.39, 0.29) is 34.7 Å². The normalized spacial score (nSPS) is 11.6. The van der Waals surface area contributed by atoms with Crippen LogP contribution in [0.4, 0.5) is 14.5 Å². The Hall–Kier alpha value is -4.44. The summed E-state index contributed by atoms with van der Waals surface area (Å²) in [4.78, 5) is 22.1. The third kappa shape index (κ3) is 4.43. The highest BCUT2D eigenvalue weighted by molar-refractivity contribution is 7.21. The van der Waals surface area contributed by atoms with Gasteiger partial charge in [0.05, 0.1) is 27.6 Å². The Morgan fingerprint density at radius 1 is 1.08 bits per heavy atom. The molecule has 190 valence electrons. The number of anilines is 1. The van der Waals surface area contributed by atoms with Crippen LogP contribution in [0.5, 0.6) is 0 Å². The SMILES string of the molecule is Cc1ccc2nc(-c3ccc(NC(=O)Cn4nc(C)c5c(C(F)F)cc(-c6ccco6)nc54)cc3)sc2c1. The number of pyridine rings is 1. The van der Waals surface area contributed by atoms with Crippen molar-refractivity contribution in [3.8, 4) is 22.0 Å². The van der Waals surface area contributed by atoms with Gasteiger partial charge in [0.2, 0.25) is 5.91 Å². The van der Waals surface area contributed by atoms with Crippen molar-refractivity contribution < 1.29 is 18.0 Å². The first kappa shape index (κ1) is 23.9. The number of hydrogen-bond donors (Lipinski definition) is 1. The van der Waals surface area contributed by atoms with Gasteiger partial charge in [-0.25, -0.2) is 23.4 Å². The third-order valence-electron chi connectivity index (χ3n) is 6.17. The van der Waals surface area contributed by atoms with Crippen LogP contribution in [0.15, 0.2) is 71.3 Å². The van der Waals surface area contributed by atoms with Crippen LogP contribution in [-0.4, -0.2) is 25.7 Å². The zero-order valence-electron chi connectivity index (χ0n) is 20.4. The highest BCUT2D eigenvalue weighted by Crippen LogP contribution is 2.34. The fourth-order valence-electron chi connectivity index (χ4n) is 4.41. The topological polar surface area (TPSA) is 85.8 Å². The zero-order valence-corrected chi connectivity index (χ0v) is 21.2. The van der Waals surface area contributed by atoms with Crippen molar-refractivity contribution >= 4 is 44.2 Å². The molecule has 0 aliphatic rings.